The van der Waals surface area contributed by atoms with E-state index in [1.807, 2.05) is 20.8 Å². The number of carbonyl (C=O) groups is 2. The zero-order chi connectivity index (χ0) is 11.5. The fourth-order valence-electron chi connectivity index (χ4n) is 1.45. The third-order valence-electron chi connectivity index (χ3n) is 2.23. The van der Waals surface area contributed by atoms with Crippen molar-refractivity contribution in [1.82, 2.24) is 0 Å². The molecule has 0 unspecified atom stereocenters. The van der Waals surface area contributed by atoms with Crippen LogP contribution in [0, 0.1) is 5.92 Å². The Hall–Kier alpha value is -0.900. The zero-order valence-corrected chi connectivity index (χ0v) is 9.49. The molecule has 0 aromatic rings. The fraction of sp³-hybridized carbons (Fsp3) is 0.818. The quantitative estimate of drug-likeness (QED) is 0.523. The molecule has 4 heteroatoms. The molecule has 1 saturated carbocycles. The lowest BCUT2D eigenvalue weighted by Gasteiger charge is -2.34. The zero-order valence-electron chi connectivity index (χ0n) is 9.49. The Morgan fingerprint density at radius 3 is 2.47 bits per heavy atom. The maximum Gasteiger partial charge on any atom is 0.309 e. The van der Waals surface area contributed by atoms with Crippen molar-refractivity contribution < 1.29 is 19.1 Å². The SMILES string of the molecule is CC(C)(C)OC(=O)C1CC(OCC=O)C1. The Balaban J connectivity index is 2.21. The van der Waals surface area contributed by atoms with Crippen LogP contribution in [0.1, 0.15) is 33.6 Å². The molecule has 86 valence electrons. The summed E-state index contributed by atoms with van der Waals surface area (Å²) in [6, 6.07) is 0. The third-order valence-corrected chi connectivity index (χ3v) is 2.23. The van der Waals surface area contributed by atoms with Gasteiger partial charge in [-0.3, -0.25) is 4.79 Å². The number of ether oxygens (including phenoxy) is 2. The van der Waals surface area contributed by atoms with Crippen molar-refractivity contribution in [3.05, 3.63) is 0 Å². The van der Waals surface area contributed by atoms with Crippen molar-refractivity contribution >= 4 is 12.3 Å². The lowest BCUT2D eigenvalue weighted by Crippen LogP contribution is -2.40. The molecule has 0 aliphatic heterocycles. The van der Waals surface area contributed by atoms with E-state index in [1.165, 1.54) is 0 Å². The van der Waals surface area contributed by atoms with E-state index in [2.05, 4.69) is 0 Å². The highest BCUT2D eigenvalue weighted by Gasteiger charge is 2.37. The third kappa shape index (κ3) is 4.00. The van der Waals surface area contributed by atoms with Gasteiger partial charge in [0.25, 0.3) is 0 Å². The molecule has 0 aromatic heterocycles. The number of hydrogen-bond donors (Lipinski definition) is 0. The summed E-state index contributed by atoms with van der Waals surface area (Å²) in [5.74, 6) is -0.214. The normalized spacial score (nSPS) is 25.5. The van der Waals surface area contributed by atoms with Gasteiger partial charge in [0.15, 0.2) is 0 Å². The van der Waals surface area contributed by atoms with E-state index in [0.717, 1.165) is 6.29 Å². The van der Waals surface area contributed by atoms with Gasteiger partial charge in [-0.1, -0.05) is 0 Å². The monoisotopic (exact) mass is 214 g/mol. The Kier molecular flexibility index (Phi) is 3.85. The number of esters is 1. The van der Waals surface area contributed by atoms with Crippen LogP contribution in [0.5, 0.6) is 0 Å². The lowest BCUT2D eigenvalue weighted by atomic mass is 9.82. The van der Waals surface area contributed by atoms with Crippen molar-refractivity contribution in [3.63, 3.8) is 0 Å². The first-order valence-corrected chi connectivity index (χ1v) is 5.20. The first-order valence-electron chi connectivity index (χ1n) is 5.20. The van der Waals surface area contributed by atoms with Crippen molar-refractivity contribution in [3.8, 4) is 0 Å². The second-order valence-electron chi connectivity index (χ2n) is 4.82. The summed E-state index contributed by atoms with van der Waals surface area (Å²) in [6.45, 7) is 5.67. The van der Waals surface area contributed by atoms with Gasteiger partial charge in [0, 0.05) is 0 Å². The summed E-state index contributed by atoms with van der Waals surface area (Å²) in [5, 5.41) is 0. The fourth-order valence-corrected chi connectivity index (χ4v) is 1.45. The molecule has 0 atom stereocenters. The minimum Gasteiger partial charge on any atom is -0.460 e. The lowest BCUT2D eigenvalue weighted by molar-refractivity contribution is -0.169. The van der Waals surface area contributed by atoms with E-state index in [0.29, 0.717) is 12.8 Å². The summed E-state index contributed by atoms with van der Waals surface area (Å²) < 4.78 is 10.4. The minimum absolute atomic E-state index is 0.0488. The van der Waals surface area contributed by atoms with E-state index in [-0.39, 0.29) is 24.6 Å². The number of carbonyl (C=O) groups excluding carboxylic acids is 2. The largest absolute Gasteiger partial charge is 0.460 e. The van der Waals surface area contributed by atoms with E-state index >= 15 is 0 Å². The van der Waals surface area contributed by atoms with Crippen LogP contribution in [0.25, 0.3) is 0 Å². The molecule has 0 amide bonds. The molecule has 0 bridgehead atoms. The van der Waals surface area contributed by atoms with Gasteiger partial charge in [0.2, 0.25) is 0 Å². The van der Waals surface area contributed by atoms with Gasteiger partial charge in [-0.25, -0.2) is 0 Å². The van der Waals surface area contributed by atoms with Crippen LogP contribution in [0.2, 0.25) is 0 Å². The van der Waals surface area contributed by atoms with Crippen molar-refractivity contribution in [2.24, 2.45) is 5.92 Å². The maximum absolute atomic E-state index is 11.5. The van der Waals surface area contributed by atoms with E-state index < -0.39 is 5.60 Å². The van der Waals surface area contributed by atoms with Crippen molar-refractivity contribution in [2.75, 3.05) is 6.61 Å². The second-order valence-corrected chi connectivity index (χ2v) is 4.82. The molecular weight excluding hydrogens is 196 g/mol. The number of hydrogen-bond acceptors (Lipinski definition) is 4. The highest BCUT2D eigenvalue weighted by Crippen LogP contribution is 2.32. The number of rotatable bonds is 4. The van der Waals surface area contributed by atoms with Crippen LogP contribution in [-0.2, 0) is 19.1 Å². The minimum atomic E-state index is -0.425. The second kappa shape index (κ2) is 4.75. The van der Waals surface area contributed by atoms with Crippen LogP contribution >= 0.6 is 0 Å². The smallest absolute Gasteiger partial charge is 0.309 e. The topological polar surface area (TPSA) is 52.6 Å². The molecule has 0 aromatic carbocycles. The molecule has 1 aliphatic carbocycles. The summed E-state index contributed by atoms with van der Waals surface area (Å²) in [5.41, 5.74) is -0.425. The molecule has 0 spiro atoms. The van der Waals surface area contributed by atoms with Crippen molar-refractivity contribution in [2.45, 2.75) is 45.3 Å². The Morgan fingerprint density at radius 1 is 1.40 bits per heavy atom. The van der Waals surface area contributed by atoms with Crippen LogP contribution in [0.15, 0.2) is 0 Å². The molecule has 1 fully saturated rings. The Bertz CT molecular complexity index is 235. The first kappa shape index (κ1) is 12.2. The van der Waals surface area contributed by atoms with E-state index in [1.54, 1.807) is 0 Å². The molecule has 1 aliphatic rings. The molecule has 4 nitrogen and oxygen atoms in total. The average Bonchev–Trinajstić information content (AvgIpc) is 1.98. The van der Waals surface area contributed by atoms with Gasteiger partial charge in [0.1, 0.15) is 18.5 Å². The predicted octanol–water partition coefficient (Wildman–Crippen LogP) is 1.32. The first-order chi connectivity index (χ1) is 6.92. The highest BCUT2D eigenvalue weighted by molar-refractivity contribution is 5.74. The summed E-state index contributed by atoms with van der Waals surface area (Å²) in [7, 11) is 0. The van der Waals surface area contributed by atoms with Gasteiger partial charge in [0.05, 0.1) is 12.0 Å². The van der Waals surface area contributed by atoms with E-state index in [9.17, 15) is 9.59 Å². The van der Waals surface area contributed by atoms with Crippen LogP contribution in [0.4, 0.5) is 0 Å². The summed E-state index contributed by atoms with van der Waals surface area (Å²) >= 11 is 0. The Labute approximate surface area is 89.9 Å². The molecule has 0 radical (unpaired) electrons. The van der Waals surface area contributed by atoms with Crippen LogP contribution in [0.3, 0.4) is 0 Å². The van der Waals surface area contributed by atoms with Gasteiger partial charge in [-0.15, -0.1) is 0 Å². The van der Waals surface area contributed by atoms with Crippen LogP contribution in [-0.4, -0.2) is 30.6 Å². The molecule has 15 heavy (non-hydrogen) atoms. The van der Waals surface area contributed by atoms with Crippen LogP contribution < -0.4 is 0 Å². The maximum atomic E-state index is 11.5. The van der Waals surface area contributed by atoms with E-state index in [4.69, 9.17) is 9.47 Å². The average molecular weight is 214 g/mol. The predicted molar refractivity (Wildman–Crippen MR) is 54.4 cm³/mol. The molecule has 0 heterocycles. The summed E-state index contributed by atoms with van der Waals surface area (Å²) in [6.07, 6.45) is 2.11. The van der Waals surface area contributed by atoms with Gasteiger partial charge >= 0.3 is 5.97 Å². The van der Waals surface area contributed by atoms with Gasteiger partial charge in [-0.2, -0.15) is 0 Å². The standard InChI is InChI=1S/C11H18O4/c1-11(2,3)15-10(13)8-6-9(7-8)14-5-4-12/h4,8-9H,5-7H2,1-3H3. The highest BCUT2D eigenvalue weighted by atomic mass is 16.6. The Morgan fingerprint density at radius 2 is 2.00 bits per heavy atom. The molecule has 0 saturated heterocycles. The summed E-state index contributed by atoms with van der Waals surface area (Å²) in [4.78, 5) is 21.5. The van der Waals surface area contributed by atoms with Gasteiger partial charge in [-0.05, 0) is 33.6 Å². The molecule has 1 rings (SSSR count). The van der Waals surface area contributed by atoms with Crippen molar-refractivity contribution in [1.29, 1.82) is 0 Å². The molecular formula is C11H18O4. The number of aldehydes is 1. The molecule has 0 N–H and O–H groups in total. The van der Waals surface area contributed by atoms with Gasteiger partial charge < -0.3 is 14.3 Å².